The van der Waals surface area contributed by atoms with Gasteiger partial charge in [-0.05, 0) is 25.7 Å². The zero-order valence-electron chi connectivity index (χ0n) is 12.6. The van der Waals surface area contributed by atoms with E-state index in [0.717, 1.165) is 26.8 Å². The number of amides is 1. The van der Waals surface area contributed by atoms with Crippen molar-refractivity contribution in [2.45, 2.75) is 42.7 Å². The summed E-state index contributed by atoms with van der Waals surface area (Å²) < 4.78 is 5.89. The van der Waals surface area contributed by atoms with E-state index >= 15 is 0 Å². The van der Waals surface area contributed by atoms with E-state index in [4.69, 9.17) is 10.5 Å². The minimum absolute atomic E-state index is 0.190. The lowest BCUT2D eigenvalue weighted by Crippen LogP contribution is -2.31. The van der Waals surface area contributed by atoms with Crippen LogP contribution in [0.3, 0.4) is 0 Å². The monoisotopic (exact) mass is 355 g/mol. The smallest absolute Gasteiger partial charge is 0.227 e. The first-order chi connectivity index (χ1) is 10.4. The molecule has 5 nitrogen and oxygen atoms in total. The number of aromatic nitrogens is 2. The lowest BCUT2D eigenvalue weighted by molar-refractivity contribution is -0.115. The molecule has 0 bridgehead atoms. The number of ether oxygens (including phenoxy) is 1. The van der Waals surface area contributed by atoms with Crippen molar-refractivity contribution in [1.29, 1.82) is 0 Å². The molecule has 118 valence electrons. The normalized spacial score (nSPS) is 16.7. The van der Waals surface area contributed by atoms with E-state index in [-0.39, 0.29) is 17.3 Å². The van der Waals surface area contributed by atoms with E-state index in [9.17, 15) is 4.79 Å². The Kier molecular flexibility index (Phi) is 4.37. The largest absolute Gasteiger partial charge is 0.370 e. The quantitative estimate of drug-likeness (QED) is 0.516. The molecule has 3 rings (SSSR count). The molecular formula is C14H17N3O2S3. The van der Waals surface area contributed by atoms with Crippen molar-refractivity contribution in [3.8, 4) is 0 Å². The van der Waals surface area contributed by atoms with Crippen molar-refractivity contribution >= 4 is 51.0 Å². The molecule has 3 heterocycles. The molecule has 8 heteroatoms. The molecule has 1 aliphatic heterocycles. The summed E-state index contributed by atoms with van der Waals surface area (Å²) in [6.45, 7) is 4.79. The summed E-state index contributed by atoms with van der Waals surface area (Å²) in [4.78, 5) is 22.5. The maximum absolute atomic E-state index is 11.1. The van der Waals surface area contributed by atoms with Crippen LogP contribution in [0, 0.1) is 0 Å². The highest BCUT2D eigenvalue weighted by atomic mass is 32.2. The van der Waals surface area contributed by atoms with Crippen LogP contribution in [0.15, 0.2) is 10.2 Å². The van der Waals surface area contributed by atoms with Crippen LogP contribution in [0.25, 0.3) is 10.2 Å². The number of primary amides is 1. The molecule has 2 aromatic rings. The Balaban J connectivity index is 2.14. The molecule has 2 N–H and O–H groups in total. The average Bonchev–Trinajstić information content (AvgIpc) is 2.81. The number of carbonyl (C=O) groups excluding carboxylic acids is 1. The number of hydrogen-bond acceptors (Lipinski definition) is 7. The topological polar surface area (TPSA) is 78.1 Å². The van der Waals surface area contributed by atoms with E-state index < -0.39 is 0 Å². The highest BCUT2D eigenvalue weighted by Gasteiger charge is 2.31. The van der Waals surface area contributed by atoms with Gasteiger partial charge in [-0.25, -0.2) is 9.97 Å². The Labute approximate surface area is 141 Å². The van der Waals surface area contributed by atoms with Crippen molar-refractivity contribution in [3.05, 3.63) is 10.4 Å². The van der Waals surface area contributed by atoms with Gasteiger partial charge in [0.1, 0.15) is 9.86 Å². The molecule has 22 heavy (non-hydrogen) atoms. The van der Waals surface area contributed by atoms with Crippen molar-refractivity contribution in [1.82, 2.24) is 9.97 Å². The van der Waals surface area contributed by atoms with E-state index in [1.165, 1.54) is 34.0 Å². The van der Waals surface area contributed by atoms with Gasteiger partial charge >= 0.3 is 0 Å². The molecule has 0 saturated heterocycles. The fraction of sp³-hybridized carbons (Fsp3) is 0.500. The number of nitrogens with zero attached hydrogens (tertiary/aromatic N) is 2. The molecule has 0 aliphatic carbocycles. The van der Waals surface area contributed by atoms with Crippen LogP contribution >= 0.6 is 34.9 Å². The van der Waals surface area contributed by atoms with Crippen LogP contribution in [0.2, 0.25) is 0 Å². The van der Waals surface area contributed by atoms with Crippen molar-refractivity contribution in [2.75, 3.05) is 12.0 Å². The standard InChI is InChI=1S/C14H17N3O2S3/c1-14(2)4-7-8(5-19-14)22-12-10(7)11(21-6-9(15)18)16-13(17-12)20-3/h4-6H2,1-3H3,(H2,15,18). The first kappa shape index (κ1) is 16.0. The van der Waals surface area contributed by atoms with Crippen molar-refractivity contribution in [3.63, 3.8) is 0 Å². The highest BCUT2D eigenvalue weighted by Crippen LogP contribution is 2.42. The summed E-state index contributed by atoms with van der Waals surface area (Å²) in [6.07, 6.45) is 2.78. The number of thioether (sulfide) groups is 2. The Morgan fingerprint density at radius 2 is 2.23 bits per heavy atom. The molecule has 0 aromatic carbocycles. The summed E-state index contributed by atoms with van der Waals surface area (Å²) in [6, 6.07) is 0. The molecule has 0 unspecified atom stereocenters. The molecule has 0 radical (unpaired) electrons. The van der Waals surface area contributed by atoms with Crippen molar-refractivity contribution < 1.29 is 9.53 Å². The van der Waals surface area contributed by atoms with Gasteiger partial charge in [0.25, 0.3) is 0 Å². The van der Waals surface area contributed by atoms with E-state index in [0.29, 0.717) is 6.61 Å². The molecule has 2 aromatic heterocycles. The summed E-state index contributed by atoms with van der Waals surface area (Å²) in [7, 11) is 0. The van der Waals surface area contributed by atoms with E-state index in [2.05, 4.69) is 23.8 Å². The molecular weight excluding hydrogens is 338 g/mol. The second-order valence-corrected chi connectivity index (χ2v) is 8.50. The van der Waals surface area contributed by atoms with E-state index in [1.807, 2.05) is 6.26 Å². The number of hydrogen-bond donors (Lipinski definition) is 1. The van der Waals surface area contributed by atoms with Crippen LogP contribution in [-0.2, 0) is 22.6 Å². The maximum Gasteiger partial charge on any atom is 0.227 e. The second kappa shape index (κ2) is 5.99. The second-order valence-electron chi connectivity index (χ2n) is 5.68. The van der Waals surface area contributed by atoms with Gasteiger partial charge in [-0.15, -0.1) is 11.3 Å². The zero-order valence-corrected chi connectivity index (χ0v) is 15.1. The summed E-state index contributed by atoms with van der Waals surface area (Å²) in [5.41, 5.74) is 6.36. The Hall–Kier alpha value is -0.830. The fourth-order valence-corrected chi connectivity index (χ4v) is 4.87. The Morgan fingerprint density at radius 1 is 1.45 bits per heavy atom. The lowest BCUT2D eigenvalue weighted by atomic mass is 9.95. The molecule has 0 atom stereocenters. The maximum atomic E-state index is 11.1. The first-order valence-corrected chi connectivity index (χ1v) is 9.83. The number of fused-ring (bicyclic) bond motifs is 3. The van der Waals surface area contributed by atoms with Gasteiger partial charge in [-0.3, -0.25) is 4.79 Å². The Morgan fingerprint density at radius 3 is 2.91 bits per heavy atom. The molecule has 0 saturated carbocycles. The predicted molar refractivity (Wildman–Crippen MR) is 91.7 cm³/mol. The highest BCUT2D eigenvalue weighted by molar-refractivity contribution is 8.00. The predicted octanol–water partition coefficient (Wildman–Crippen LogP) is 2.84. The number of carbonyl (C=O) groups is 1. The Bertz CT molecular complexity index is 742. The first-order valence-electron chi connectivity index (χ1n) is 6.81. The van der Waals surface area contributed by atoms with Crippen LogP contribution < -0.4 is 5.73 Å². The number of rotatable bonds is 4. The molecule has 0 spiro atoms. The van der Waals surface area contributed by atoms with Gasteiger partial charge in [-0.1, -0.05) is 23.5 Å². The third-order valence-corrected chi connectivity index (χ3v) is 6.06. The summed E-state index contributed by atoms with van der Waals surface area (Å²) in [5.74, 6) is -0.111. The molecule has 0 fully saturated rings. The molecule has 1 amide bonds. The minimum Gasteiger partial charge on any atom is -0.370 e. The number of nitrogens with two attached hydrogens (primary N) is 1. The average molecular weight is 356 g/mol. The zero-order chi connectivity index (χ0) is 15.9. The van der Waals surface area contributed by atoms with Crippen LogP contribution in [0.1, 0.15) is 24.3 Å². The lowest BCUT2D eigenvalue weighted by Gasteiger charge is -2.30. The van der Waals surface area contributed by atoms with E-state index in [1.54, 1.807) is 11.3 Å². The van der Waals surface area contributed by atoms with Gasteiger partial charge in [0, 0.05) is 16.7 Å². The summed E-state index contributed by atoms with van der Waals surface area (Å²) >= 11 is 4.55. The molecule has 1 aliphatic rings. The summed E-state index contributed by atoms with van der Waals surface area (Å²) in [5, 5.41) is 2.64. The number of thiophene rings is 1. The van der Waals surface area contributed by atoms with Gasteiger partial charge in [0.2, 0.25) is 5.91 Å². The van der Waals surface area contributed by atoms with Gasteiger partial charge in [0.05, 0.1) is 18.0 Å². The SMILES string of the molecule is CSc1nc(SCC(N)=O)c2c3c(sc2n1)COC(C)(C)C3. The fourth-order valence-electron chi connectivity index (χ4n) is 2.43. The van der Waals surface area contributed by atoms with Crippen LogP contribution in [-0.4, -0.2) is 33.5 Å². The third kappa shape index (κ3) is 3.10. The van der Waals surface area contributed by atoms with Gasteiger partial charge in [-0.2, -0.15) is 0 Å². The minimum atomic E-state index is -0.338. The van der Waals surface area contributed by atoms with Gasteiger partial charge < -0.3 is 10.5 Å². The van der Waals surface area contributed by atoms with Gasteiger partial charge in [0.15, 0.2) is 5.16 Å². The van der Waals surface area contributed by atoms with Crippen LogP contribution in [0.4, 0.5) is 0 Å². The van der Waals surface area contributed by atoms with Crippen molar-refractivity contribution in [2.24, 2.45) is 5.73 Å². The third-order valence-electron chi connectivity index (χ3n) is 3.41. The van der Waals surface area contributed by atoms with Crippen LogP contribution in [0.5, 0.6) is 0 Å².